The fourth-order valence-corrected chi connectivity index (χ4v) is 4.47. The lowest BCUT2D eigenvalue weighted by molar-refractivity contribution is 0.0730. The first-order chi connectivity index (χ1) is 10.5. The van der Waals surface area contributed by atoms with Crippen molar-refractivity contribution in [3.05, 3.63) is 28.2 Å². The largest absolute Gasteiger partial charge is 0.379 e. The van der Waals surface area contributed by atoms with Crippen LogP contribution in [0.4, 0.5) is 0 Å². The standard InChI is InChI=1S/C14H19BrN2O4S/c1-2-5-16-14(18)11-3-4-12(15)13(10-11)22(19,20)17-6-8-21-9-7-17/h3-4,10H,2,5-9H2,1H3,(H,16,18). The van der Waals surface area contributed by atoms with Gasteiger partial charge in [-0.2, -0.15) is 4.31 Å². The summed E-state index contributed by atoms with van der Waals surface area (Å²) in [6.45, 7) is 3.92. The Hall–Kier alpha value is -0.960. The van der Waals surface area contributed by atoms with Gasteiger partial charge in [0, 0.05) is 29.7 Å². The molecule has 2 rings (SSSR count). The predicted molar refractivity (Wildman–Crippen MR) is 86.3 cm³/mol. The van der Waals surface area contributed by atoms with Gasteiger partial charge in [-0.25, -0.2) is 8.42 Å². The van der Waals surface area contributed by atoms with Crippen LogP contribution in [0.1, 0.15) is 23.7 Å². The summed E-state index contributed by atoms with van der Waals surface area (Å²) in [5.41, 5.74) is 0.337. The van der Waals surface area contributed by atoms with E-state index in [1.807, 2.05) is 6.92 Å². The lowest BCUT2D eigenvalue weighted by Crippen LogP contribution is -2.40. The lowest BCUT2D eigenvalue weighted by atomic mass is 10.2. The number of sulfonamides is 1. The summed E-state index contributed by atoms with van der Waals surface area (Å²) >= 11 is 3.27. The van der Waals surface area contributed by atoms with Gasteiger partial charge >= 0.3 is 0 Å². The fraction of sp³-hybridized carbons (Fsp3) is 0.500. The first-order valence-electron chi connectivity index (χ1n) is 7.12. The van der Waals surface area contributed by atoms with E-state index in [1.54, 1.807) is 12.1 Å². The molecule has 0 atom stereocenters. The van der Waals surface area contributed by atoms with E-state index in [0.717, 1.165) is 6.42 Å². The number of nitrogens with one attached hydrogen (secondary N) is 1. The second kappa shape index (κ2) is 7.54. The van der Waals surface area contributed by atoms with E-state index in [0.29, 0.717) is 42.9 Å². The number of ether oxygens (including phenoxy) is 1. The molecule has 0 saturated carbocycles. The second-order valence-electron chi connectivity index (χ2n) is 4.92. The number of hydrogen-bond acceptors (Lipinski definition) is 4. The Bertz CT molecular complexity index is 642. The number of amides is 1. The molecule has 0 aliphatic carbocycles. The highest BCUT2D eigenvalue weighted by atomic mass is 79.9. The van der Waals surface area contributed by atoms with E-state index in [2.05, 4.69) is 21.2 Å². The molecular weight excluding hydrogens is 372 g/mol. The summed E-state index contributed by atoms with van der Waals surface area (Å²) in [6.07, 6.45) is 0.821. The Morgan fingerprint density at radius 2 is 2.05 bits per heavy atom. The van der Waals surface area contributed by atoms with Gasteiger partial charge in [0.2, 0.25) is 10.0 Å². The molecule has 0 unspecified atom stereocenters. The summed E-state index contributed by atoms with van der Waals surface area (Å²) in [5, 5.41) is 2.74. The number of morpholine rings is 1. The fourth-order valence-electron chi connectivity index (χ4n) is 2.11. The number of halogens is 1. The molecule has 22 heavy (non-hydrogen) atoms. The molecule has 1 aliphatic rings. The number of benzene rings is 1. The molecule has 122 valence electrons. The molecule has 1 aliphatic heterocycles. The Balaban J connectivity index is 2.31. The molecule has 1 fully saturated rings. The number of carbonyl (C=O) groups excluding carboxylic acids is 1. The average Bonchev–Trinajstić information content (AvgIpc) is 2.53. The zero-order chi connectivity index (χ0) is 16.2. The van der Waals surface area contributed by atoms with Crippen LogP contribution >= 0.6 is 15.9 Å². The molecule has 0 bridgehead atoms. The SMILES string of the molecule is CCCNC(=O)c1ccc(Br)c(S(=O)(=O)N2CCOCC2)c1. The van der Waals surface area contributed by atoms with Gasteiger partial charge in [0.1, 0.15) is 0 Å². The molecule has 6 nitrogen and oxygen atoms in total. The number of carbonyl (C=O) groups is 1. The Kier molecular flexibility index (Phi) is 5.96. The van der Waals surface area contributed by atoms with Crippen molar-refractivity contribution < 1.29 is 17.9 Å². The topological polar surface area (TPSA) is 75.7 Å². The van der Waals surface area contributed by atoms with E-state index in [-0.39, 0.29) is 10.8 Å². The molecule has 0 aromatic heterocycles. The van der Waals surface area contributed by atoms with Crippen molar-refractivity contribution in [2.75, 3.05) is 32.8 Å². The monoisotopic (exact) mass is 390 g/mol. The molecule has 1 aromatic carbocycles. The van der Waals surface area contributed by atoms with E-state index >= 15 is 0 Å². The Labute approximate surface area is 139 Å². The third-order valence-electron chi connectivity index (χ3n) is 3.32. The highest BCUT2D eigenvalue weighted by molar-refractivity contribution is 9.10. The number of nitrogens with zero attached hydrogens (tertiary/aromatic N) is 1. The Morgan fingerprint density at radius 1 is 1.36 bits per heavy atom. The highest BCUT2D eigenvalue weighted by Crippen LogP contribution is 2.26. The van der Waals surface area contributed by atoms with Crippen LogP contribution < -0.4 is 5.32 Å². The van der Waals surface area contributed by atoms with E-state index in [1.165, 1.54) is 10.4 Å². The maximum Gasteiger partial charge on any atom is 0.251 e. The van der Waals surface area contributed by atoms with Crippen molar-refractivity contribution >= 4 is 31.9 Å². The molecule has 1 heterocycles. The van der Waals surface area contributed by atoms with Crippen LogP contribution in [-0.2, 0) is 14.8 Å². The van der Waals surface area contributed by atoms with Gasteiger partial charge in [0.15, 0.2) is 0 Å². The van der Waals surface area contributed by atoms with Gasteiger partial charge < -0.3 is 10.1 Å². The highest BCUT2D eigenvalue weighted by Gasteiger charge is 2.28. The quantitative estimate of drug-likeness (QED) is 0.828. The maximum atomic E-state index is 12.7. The van der Waals surface area contributed by atoms with E-state index in [4.69, 9.17) is 4.74 Å². The van der Waals surface area contributed by atoms with Crippen LogP contribution in [0.3, 0.4) is 0 Å². The predicted octanol–water partition coefficient (Wildman–Crippen LogP) is 1.61. The van der Waals surface area contributed by atoms with E-state index < -0.39 is 10.0 Å². The third-order valence-corrected chi connectivity index (χ3v) is 6.21. The van der Waals surface area contributed by atoms with Crippen molar-refractivity contribution in [3.63, 3.8) is 0 Å². The van der Waals surface area contributed by atoms with Gasteiger partial charge in [-0.15, -0.1) is 0 Å². The van der Waals surface area contributed by atoms with Gasteiger partial charge in [0.25, 0.3) is 5.91 Å². The second-order valence-corrected chi connectivity index (χ2v) is 7.68. The van der Waals surface area contributed by atoms with Crippen LogP contribution in [0.25, 0.3) is 0 Å². The van der Waals surface area contributed by atoms with Crippen molar-refractivity contribution in [3.8, 4) is 0 Å². The molecule has 0 radical (unpaired) electrons. The first-order valence-corrected chi connectivity index (χ1v) is 9.35. The normalized spacial score (nSPS) is 16.5. The smallest absolute Gasteiger partial charge is 0.251 e. The summed E-state index contributed by atoms with van der Waals surface area (Å²) in [6, 6.07) is 4.61. The maximum absolute atomic E-state index is 12.7. The van der Waals surface area contributed by atoms with Crippen LogP contribution in [0.15, 0.2) is 27.6 Å². The van der Waals surface area contributed by atoms with Crippen LogP contribution in [0.2, 0.25) is 0 Å². The van der Waals surface area contributed by atoms with Crippen LogP contribution in [0, 0.1) is 0 Å². The molecule has 1 saturated heterocycles. The molecule has 1 N–H and O–H groups in total. The van der Waals surface area contributed by atoms with Gasteiger partial charge in [-0.05, 0) is 40.5 Å². The number of rotatable bonds is 5. The van der Waals surface area contributed by atoms with E-state index in [9.17, 15) is 13.2 Å². The number of hydrogen-bond donors (Lipinski definition) is 1. The third kappa shape index (κ3) is 3.87. The summed E-state index contributed by atoms with van der Waals surface area (Å²) in [5.74, 6) is -0.271. The zero-order valence-electron chi connectivity index (χ0n) is 12.3. The van der Waals surface area contributed by atoms with Crippen molar-refractivity contribution in [1.29, 1.82) is 0 Å². The molecular formula is C14H19BrN2O4S. The molecule has 1 amide bonds. The minimum Gasteiger partial charge on any atom is -0.379 e. The summed E-state index contributed by atoms with van der Waals surface area (Å²) < 4.78 is 32.4. The minimum atomic E-state index is -3.64. The summed E-state index contributed by atoms with van der Waals surface area (Å²) in [7, 11) is -3.64. The van der Waals surface area contributed by atoms with Crippen LogP contribution in [-0.4, -0.2) is 51.5 Å². The first kappa shape index (κ1) is 17.4. The zero-order valence-corrected chi connectivity index (χ0v) is 14.7. The lowest BCUT2D eigenvalue weighted by Gasteiger charge is -2.26. The van der Waals surface area contributed by atoms with Crippen molar-refractivity contribution in [2.24, 2.45) is 0 Å². The van der Waals surface area contributed by atoms with Gasteiger partial charge in [0.05, 0.1) is 18.1 Å². The Morgan fingerprint density at radius 3 is 2.68 bits per heavy atom. The van der Waals surface area contributed by atoms with Crippen molar-refractivity contribution in [2.45, 2.75) is 18.2 Å². The van der Waals surface area contributed by atoms with Gasteiger partial charge in [-0.3, -0.25) is 4.79 Å². The average molecular weight is 391 g/mol. The molecule has 8 heteroatoms. The van der Waals surface area contributed by atoms with Crippen molar-refractivity contribution in [1.82, 2.24) is 9.62 Å². The summed E-state index contributed by atoms with van der Waals surface area (Å²) in [4.78, 5) is 12.1. The van der Waals surface area contributed by atoms with Crippen LogP contribution in [0.5, 0.6) is 0 Å². The minimum absolute atomic E-state index is 0.110. The molecule has 0 spiro atoms. The van der Waals surface area contributed by atoms with Gasteiger partial charge in [-0.1, -0.05) is 6.92 Å². The molecule has 1 aromatic rings.